The van der Waals surface area contributed by atoms with Crippen LogP contribution in [0.5, 0.6) is 0 Å². The number of piperidine rings is 1. The molecule has 2 saturated heterocycles. The molecule has 0 atom stereocenters. The molecule has 0 bridgehead atoms. The highest BCUT2D eigenvalue weighted by Gasteiger charge is 2.38. The third-order valence-electron chi connectivity index (χ3n) is 5.55. The number of nitrogens with zero attached hydrogens (tertiary/aromatic N) is 1. The lowest BCUT2D eigenvalue weighted by atomic mass is 9.78. The zero-order chi connectivity index (χ0) is 18.2. The number of hydrogen-bond acceptors (Lipinski definition) is 5. The molecule has 3 heterocycles. The number of thiophene rings is 1. The van der Waals surface area contributed by atoms with Gasteiger partial charge in [-0.1, -0.05) is 18.2 Å². The predicted octanol–water partition coefficient (Wildman–Crippen LogP) is 2.80. The van der Waals surface area contributed by atoms with Crippen molar-refractivity contribution < 1.29 is 13.2 Å². The zero-order valence-electron chi connectivity index (χ0n) is 14.5. The van der Waals surface area contributed by atoms with Crippen LogP contribution >= 0.6 is 11.3 Å². The van der Waals surface area contributed by atoms with Crippen LogP contribution in [0.1, 0.15) is 28.9 Å². The summed E-state index contributed by atoms with van der Waals surface area (Å²) in [7, 11) is -3.56. The van der Waals surface area contributed by atoms with Crippen LogP contribution in [0.3, 0.4) is 0 Å². The summed E-state index contributed by atoms with van der Waals surface area (Å²) in [4.78, 5) is 15.4. The molecule has 7 heteroatoms. The lowest BCUT2D eigenvalue weighted by Gasteiger charge is -2.38. The Labute approximate surface area is 157 Å². The third-order valence-corrected chi connectivity index (χ3v) is 8.89. The average molecular weight is 391 g/mol. The van der Waals surface area contributed by atoms with Crippen LogP contribution in [0, 0.1) is 5.41 Å². The minimum absolute atomic E-state index is 0.0506. The lowest BCUT2D eigenvalue weighted by Crippen LogP contribution is -2.43. The van der Waals surface area contributed by atoms with Gasteiger partial charge < -0.3 is 10.2 Å². The fraction of sp³-hybridized carbons (Fsp3) is 0.421. The zero-order valence-corrected chi connectivity index (χ0v) is 16.1. The van der Waals surface area contributed by atoms with E-state index in [1.54, 1.807) is 42.5 Å². The Morgan fingerprint density at radius 1 is 1.04 bits per heavy atom. The molecule has 1 aromatic heterocycles. The number of amides is 1. The molecule has 26 heavy (non-hydrogen) atoms. The molecular weight excluding hydrogens is 368 g/mol. The van der Waals surface area contributed by atoms with Gasteiger partial charge >= 0.3 is 0 Å². The molecule has 2 aliphatic heterocycles. The molecule has 2 aromatic rings. The summed E-state index contributed by atoms with van der Waals surface area (Å²) in [6.45, 7) is 3.62. The maximum Gasteiger partial charge on any atom is 0.263 e. The Hall–Kier alpha value is -1.70. The Balaban J connectivity index is 1.49. The van der Waals surface area contributed by atoms with E-state index in [1.807, 2.05) is 4.90 Å². The highest BCUT2D eigenvalue weighted by atomic mass is 32.2. The number of rotatable bonds is 3. The van der Waals surface area contributed by atoms with Gasteiger partial charge in [0.05, 0.1) is 9.77 Å². The quantitative estimate of drug-likeness (QED) is 0.875. The normalized spacial score (nSPS) is 19.8. The first-order chi connectivity index (χ1) is 12.5. The minimum atomic E-state index is -3.56. The van der Waals surface area contributed by atoms with Gasteiger partial charge in [0.2, 0.25) is 9.84 Å². The summed E-state index contributed by atoms with van der Waals surface area (Å²) in [5.74, 6) is -0.0506. The number of likely N-dealkylation sites (tertiary alicyclic amines) is 1. The van der Waals surface area contributed by atoms with E-state index in [4.69, 9.17) is 0 Å². The topological polar surface area (TPSA) is 66.5 Å². The Morgan fingerprint density at radius 2 is 1.77 bits per heavy atom. The van der Waals surface area contributed by atoms with Gasteiger partial charge in [0.1, 0.15) is 4.21 Å². The van der Waals surface area contributed by atoms with Crippen molar-refractivity contribution in [2.24, 2.45) is 5.41 Å². The van der Waals surface area contributed by atoms with E-state index in [0.717, 1.165) is 50.4 Å². The Bertz CT molecular complexity index is 890. The van der Waals surface area contributed by atoms with E-state index >= 15 is 0 Å². The summed E-state index contributed by atoms with van der Waals surface area (Å²) < 4.78 is 25.6. The molecule has 0 aliphatic carbocycles. The van der Waals surface area contributed by atoms with Crippen molar-refractivity contribution in [2.75, 3.05) is 26.2 Å². The van der Waals surface area contributed by atoms with E-state index in [0.29, 0.717) is 10.3 Å². The van der Waals surface area contributed by atoms with Crippen LogP contribution in [0.2, 0.25) is 0 Å². The smallest absolute Gasteiger partial charge is 0.263 e. The first-order valence-electron chi connectivity index (χ1n) is 8.90. The van der Waals surface area contributed by atoms with Crippen LogP contribution in [-0.4, -0.2) is 45.4 Å². The molecule has 0 saturated carbocycles. The van der Waals surface area contributed by atoms with Crippen LogP contribution in [0.25, 0.3) is 0 Å². The molecule has 4 rings (SSSR count). The largest absolute Gasteiger partial charge is 0.338 e. The molecular formula is C19H22N2O3S2. The first kappa shape index (κ1) is 17.7. The molecule has 0 unspecified atom stereocenters. The second kappa shape index (κ2) is 6.79. The van der Waals surface area contributed by atoms with E-state index in [9.17, 15) is 13.2 Å². The van der Waals surface area contributed by atoms with Crippen molar-refractivity contribution in [1.82, 2.24) is 10.2 Å². The fourth-order valence-corrected chi connectivity index (χ4v) is 6.55. The van der Waals surface area contributed by atoms with Crippen molar-refractivity contribution in [1.29, 1.82) is 0 Å². The van der Waals surface area contributed by atoms with E-state index < -0.39 is 9.84 Å². The van der Waals surface area contributed by atoms with Gasteiger partial charge in [-0.15, -0.1) is 11.3 Å². The molecule has 138 valence electrons. The number of carbonyl (C=O) groups is 1. The molecule has 1 spiro atoms. The van der Waals surface area contributed by atoms with Crippen molar-refractivity contribution in [2.45, 2.75) is 28.4 Å². The van der Waals surface area contributed by atoms with Crippen molar-refractivity contribution >= 4 is 27.1 Å². The number of hydrogen-bond donors (Lipinski definition) is 1. The summed E-state index contributed by atoms with van der Waals surface area (Å²) >= 11 is 1.07. The van der Waals surface area contributed by atoms with E-state index in [-0.39, 0.29) is 15.0 Å². The van der Waals surface area contributed by atoms with Gasteiger partial charge in [0.25, 0.3) is 5.91 Å². The van der Waals surface area contributed by atoms with Crippen molar-refractivity contribution in [3.8, 4) is 0 Å². The number of carbonyl (C=O) groups excluding carboxylic acids is 1. The Morgan fingerprint density at radius 3 is 2.42 bits per heavy atom. The molecule has 2 fully saturated rings. The Kier molecular flexibility index (Phi) is 4.62. The van der Waals surface area contributed by atoms with Crippen molar-refractivity contribution in [3.63, 3.8) is 0 Å². The highest BCUT2D eigenvalue weighted by molar-refractivity contribution is 7.93. The third kappa shape index (κ3) is 3.19. The second-order valence-electron chi connectivity index (χ2n) is 7.15. The molecule has 1 amide bonds. The van der Waals surface area contributed by atoms with Gasteiger partial charge in [-0.2, -0.15) is 0 Å². The average Bonchev–Trinajstić information content (AvgIpc) is 3.33. The van der Waals surface area contributed by atoms with E-state index in [2.05, 4.69) is 5.32 Å². The van der Waals surface area contributed by atoms with Gasteiger partial charge in [-0.3, -0.25) is 4.79 Å². The predicted molar refractivity (Wildman–Crippen MR) is 101 cm³/mol. The summed E-state index contributed by atoms with van der Waals surface area (Å²) in [5, 5.41) is 3.43. The number of nitrogens with one attached hydrogen (secondary N) is 1. The molecule has 2 aliphatic rings. The standard InChI is InChI=1S/C19H22N2O3S2/c22-18(21-12-9-19(10-13-21)8-11-20-14-19)16-6-7-17(25-16)26(23,24)15-4-2-1-3-5-15/h1-7,20H,8-14H2. The van der Waals surface area contributed by atoms with Crippen LogP contribution in [0.15, 0.2) is 51.6 Å². The van der Waals surface area contributed by atoms with Crippen LogP contribution in [-0.2, 0) is 9.84 Å². The van der Waals surface area contributed by atoms with Gasteiger partial charge in [-0.25, -0.2) is 8.42 Å². The summed E-state index contributed by atoms with van der Waals surface area (Å²) in [6, 6.07) is 11.5. The lowest BCUT2D eigenvalue weighted by molar-refractivity contribution is 0.0612. The molecule has 1 N–H and O–H groups in total. The molecule has 1 aromatic carbocycles. The maximum atomic E-state index is 12.8. The second-order valence-corrected chi connectivity index (χ2v) is 10.4. The highest BCUT2D eigenvalue weighted by Crippen LogP contribution is 2.37. The van der Waals surface area contributed by atoms with Gasteiger partial charge in [-0.05, 0) is 55.5 Å². The summed E-state index contributed by atoms with van der Waals surface area (Å²) in [6.07, 6.45) is 3.23. The SMILES string of the molecule is O=C(c1ccc(S(=O)(=O)c2ccccc2)s1)N1CCC2(CCNC2)CC1. The van der Waals surface area contributed by atoms with Crippen LogP contribution in [0.4, 0.5) is 0 Å². The van der Waals surface area contributed by atoms with Crippen molar-refractivity contribution in [3.05, 3.63) is 47.3 Å². The van der Waals surface area contributed by atoms with E-state index in [1.165, 1.54) is 6.42 Å². The fourth-order valence-electron chi connectivity index (χ4n) is 3.86. The summed E-state index contributed by atoms with van der Waals surface area (Å²) in [5.41, 5.74) is 0.355. The van der Waals surface area contributed by atoms with Gasteiger partial charge in [0.15, 0.2) is 0 Å². The maximum absolute atomic E-state index is 12.8. The first-order valence-corrected chi connectivity index (χ1v) is 11.2. The minimum Gasteiger partial charge on any atom is -0.338 e. The van der Waals surface area contributed by atoms with Gasteiger partial charge in [0, 0.05) is 19.6 Å². The number of sulfone groups is 1. The monoisotopic (exact) mass is 390 g/mol. The van der Waals surface area contributed by atoms with Crippen LogP contribution < -0.4 is 5.32 Å². The molecule has 5 nitrogen and oxygen atoms in total. The molecule has 0 radical (unpaired) electrons. The number of benzene rings is 1.